The molecule has 0 saturated heterocycles. The maximum atomic E-state index is 12.3. The Hall–Kier alpha value is -1.09. The van der Waals surface area contributed by atoms with E-state index in [9.17, 15) is 4.79 Å². The van der Waals surface area contributed by atoms with Crippen LogP contribution in [0.15, 0.2) is 22.7 Å². The van der Waals surface area contributed by atoms with Gasteiger partial charge >= 0.3 is 5.97 Å². The number of allylic oxidation sites excluding steroid dienone is 2. The molecule has 2 nitrogen and oxygen atoms in total. The van der Waals surface area contributed by atoms with Crippen LogP contribution in [0.5, 0.6) is 0 Å². The smallest absolute Gasteiger partial charge is 0.338 e. The summed E-state index contributed by atoms with van der Waals surface area (Å²) in [5, 5.41) is 0. The summed E-state index contributed by atoms with van der Waals surface area (Å²) in [6.45, 7) is 7.61. The highest BCUT2D eigenvalue weighted by molar-refractivity contribution is 9.11. The summed E-state index contributed by atoms with van der Waals surface area (Å²) in [6.07, 6.45) is 3.33. The molecule has 0 heterocycles. The van der Waals surface area contributed by atoms with Gasteiger partial charge < -0.3 is 4.74 Å². The molecule has 0 N–H and O–H groups in total. The number of ether oxygens (including phenoxy) is 1. The number of hydrogen-bond acceptors (Lipinski definition) is 2. The number of aryl methyl sites for hydroxylation is 1. The highest BCUT2D eigenvalue weighted by atomic mass is 79.9. The van der Waals surface area contributed by atoms with Gasteiger partial charge in [0, 0.05) is 0 Å². The number of benzene rings is 1. The second kappa shape index (κ2) is 5.72. The van der Waals surface area contributed by atoms with Crippen LogP contribution in [-0.2, 0) is 4.74 Å². The van der Waals surface area contributed by atoms with E-state index in [-0.39, 0.29) is 5.97 Å². The lowest BCUT2D eigenvalue weighted by Gasteiger charge is -2.20. The molecule has 0 amide bonds. The molecular formula is C17H21BrO2. The molecule has 0 saturated carbocycles. The molecule has 0 aromatic heterocycles. The van der Waals surface area contributed by atoms with E-state index in [0.717, 1.165) is 24.0 Å². The zero-order valence-electron chi connectivity index (χ0n) is 12.5. The minimum absolute atomic E-state index is 0.244. The van der Waals surface area contributed by atoms with Crippen molar-refractivity contribution in [1.29, 1.82) is 0 Å². The summed E-state index contributed by atoms with van der Waals surface area (Å²) in [6, 6.07) is 6.05. The van der Waals surface area contributed by atoms with Crippen molar-refractivity contribution in [1.82, 2.24) is 0 Å². The molecule has 1 aliphatic carbocycles. The minimum Gasteiger partial charge on any atom is -0.456 e. The molecule has 0 aliphatic heterocycles. The van der Waals surface area contributed by atoms with E-state index in [0.29, 0.717) is 5.56 Å². The van der Waals surface area contributed by atoms with Crippen molar-refractivity contribution in [3.63, 3.8) is 0 Å². The Labute approximate surface area is 129 Å². The van der Waals surface area contributed by atoms with E-state index in [1.165, 1.54) is 16.5 Å². The highest BCUT2D eigenvalue weighted by Gasteiger charge is 2.21. The van der Waals surface area contributed by atoms with Gasteiger partial charge in [-0.15, -0.1) is 0 Å². The van der Waals surface area contributed by atoms with Crippen LogP contribution < -0.4 is 0 Å². The van der Waals surface area contributed by atoms with Gasteiger partial charge in [-0.3, -0.25) is 0 Å². The van der Waals surface area contributed by atoms with Gasteiger partial charge in [-0.1, -0.05) is 28.1 Å². The number of rotatable bonds is 2. The largest absolute Gasteiger partial charge is 0.456 e. The summed E-state index contributed by atoms with van der Waals surface area (Å²) in [5.74, 6) is -0.244. The Morgan fingerprint density at radius 1 is 1.25 bits per heavy atom. The monoisotopic (exact) mass is 336 g/mol. The first kappa shape index (κ1) is 15.3. The first-order valence-corrected chi connectivity index (χ1v) is 7.79. The molecule has 0 atom stereocenters. The molecule has 1 aliphatic rings. The third-order valence-corrected chi connectivity index (χ3v) is 4.23. The van der Waals surface area contributed by atoms with Crippen LogP contribution in [0.25, 0.3) is 5.57 Å². The summed E-state index contributed by atoms with van der Waals surface area (Å²) < 4.78 is 6.74. The van der Waals surface area contributed by atoms with Crippen LogP contribution in [0.2, 0.25) is 0 Å². The summed E-state index contributed by atoms with van der Waals surface area (Å²) in [4.78, 5) is 12.3. The average Bonchev–Trinajstić information content (AvgIpc) is 2.74. The third kappa shape index (κ3) is 3.51. The molecule has 3 heteroatoms. The van der Waals surface area contributed by atoms with Crippen molar-refractivity contribution in [2.24, 2.45) is 0 Å². The van der Waals surface area contributed by atoms with E-state index in [1.54, 1.807) is 0 Å². The van der Waals surface area contributed by atoms with Crippen LogP contribution in [-0.4, -0.2) is 11.6 Å². The van der Waals surface area contributed by atoms with Crippen LogP contribution in [0.3, 0.4) is 0 Å². The van der Waals surface area contributed by atoms with Crippen molar-refractivity contribution in [2.45, 2.75) is 52.6 Å². The van der Waals surface area contributed by atoms with Crippen molar-refractivity contribution < 1.29 is 9.53 Å². The number of carbonyl (C=O) groups excluding carboxylic acids is 1. The summed E-state index contributed by atoms with van der Waals surface area (Å²) in [7, 11) is 0. The van der Waals surface area contributed by atoms with Crippen LogP contribution >= 0.6 is 15.9 Å². The Morgan fingerprint density at radius 3 is 2.50 bits per heavy atom. The van der Waals surface area contributed by atoms with E-state index < -0.39 is 5.60 Å². The first-order valence-electron chi connectivity index (χ1n) is 7.00. The molecule has 20 heavy (non-hydrogen) atoms. The van der Waals surface area contributed by atoms with Crippen molar-refractivity contribution in [2.75, 3.05) is 0 Å². The number of hydrogen-bond donors (Lipinski definition) is 0. The van der Waals surface area contributed by atoms with Gasteiger partial charge in [0.2, 0.25) is 0 Å². The minimum atomic E-state index is -0.466. The zero-order valence-corrected chi connectivity index (χ0v) is 14.1. The van der Waals surface area contributed by atoms with Gasteiger partial charge in [0.05, 0.1) is 5.56 Å². The van der Waals surface area contributed by atoms with E-state index in [2.05, 4.69) is 22.0 Å². The van der Waals surface area contributed by atoms with Gasteiger partial charge in [0.15, 0.2) is 0 Å². The normalized spacial score (nSPS) is 15.7. The Balaban J connectivity index is 2.35. The van der Waals surface area contributed by atoms with Gasteiger partial charge in [0.25, 0.3) is 0 Å². The van der Waals surface area contributed by atoms with E-state index >= 15 is 0 Å². The van der Waals surface area contributed by atoms with Gasteiger partial charge in [-0.05, 0) is 74.2 Å². The third-order valence-electron chi connectivity index (χ3n) is 3.36. The summed E-state index contributed by atoms with van der Waals surface area (Å²) >= 11 is 3.63. The summed E-state index contributed by atoms with van der Waals surface area (Å²) in [5.41, 5.74) is 3.60. The standard InChI is InChI=1S/C17H21BrO2/c1-11-8-9-12(13-6-5-7-15(13)18)10-14(11)16(19)20-17(2,3)4/h8-10H,5-7H2,1-4H3. The maximum Gasteiger partial charge on any atom is 0.338 e. The number of esters is 1. The predicted octanol–water partition coefficient (Wildman–Crippen LogP) is 5.24. The lowest BCUT2D eigenvalue weighted by atomic mass is 9.99. The van der Waals surface area contributed by atoms with Crippen LogP contribution in [0.4, 0.5) is 0 Å². The molecule has 108 valence electrons. The van der Waals surface area contributed by atoms with Crippen LogP contribution in [0, 0.1) is 6.92 Å². The quantitative estimate of drug-likeness (QED) is 0.690. The Kier molecular flexibility index (Phi) is 4.38. The average molecular weight is 337 g/mol. The van der Waals surface area contributed by atoms with Gasteiger partial charge in [-0.2, -0.15) is 0 Å². The second-order valence-corrected chi connectivity index (χ2v) is 7.23. The van der Waals surface area contributed by atoms with E-state index in [4.69, 9.17) is 4.74 Å². The fraction of sp³-hybridized carbons (Fsp3) is 0.471. The van der Waals surface area contributed by atoms with Gasteiger partial charge in [0.1, 0.15) is 5.60 Å². The lowest BCUT2D eigenvalue weighted by Crippen LogP contribution is -2.24. The number of carbonyl (C=O) groups is 1. The Bertz CT molecular complexity index is 565. The molecule has 1 aromatic carbocycles. The molecule has 0 spiro atoms. The maximum absolute atomic E-state index is 12.3. The second-order valence-electron chi connectivity index (χ2n) is 6.27. The molecule has 1 aromatic rings. The molecule has 0 unspecified atom stereocenters. The molecule has 0 radical (unpaired) electrons. The Morgan fingerprint density at radius 2 is 1.95 bits per heavy atom. The fourth-order valence-electron chi connectivity index (χ4n) is 2.37. The van der Waals surface area contributed by atoms with Crippen molar-refractivity contribution in [3.8, 4) is 0 Å². The molecular weight excluding hydrogens is 316 g/mol. The fourth-order valence-corrected chi connectivity index (χ4v) is 3.08. The SMILES string of the molecule is Cc1ccc(C2=C(Br)CCC2)cc1C(=O)OC(C)(C)C. The van der Waals surface area contributed by atoms with Gasteiger partial charge in [-0.25, -0.2) is 4.79 Å². The molecule has 0 fully saturated rings. The zero-order chi connectivity index (χ0) is 14.9. The van der Waals surface area contributed by atoms with E-state index in [1.807, 2.05) is 39.8 Å². The van der Waals surface area contributed by atoms with Crippen molar-refractivity contribution >= 4 is 27.5 Å². The number of halogens is 1. The molecule has 2 rings (SSSR count). The van der Waals surface area contributed by atoms with Crippen molar-refractivity contribution in [3.05, 3.63) is 39.4 Å². The predicted molar refractivity (Wildman–Crippen MR) is 86.0 cm³/mol. The highest BCUT2D eigenvalue weighted by Crippen LogP contribution is 2.37. The topological polar surface area (TPSA) is 26.3 Å². The first-order chi connectivity index (χ1) is 9.28. The lowest BCUT2D eigenvalue weighted by molar-refractivity contribution is 0.00687. The van der Waals surface area contributed by atoms with Crippen LogP contribution in [0.1, 0.15) is 61.5 Å². The molecule has 0 bridgehead atoms.